The average molecular weight is 594 g/mol. The summed E-state index contributed by atoms with van der Waals surface area (Å²) >= 11 is 0. The van der Waals surface area contributed by atoms with E-state index in [4.69, 9.17) is 18.9 Å². The predicted molar refractivity (Wildman–Crippen MR) is 160 cm³/mol. The molecule has 4 aromatic rings. The van der Waals surface area contributed by atoms with Gasteiger partial charge in [-0.05, 0) is 59.5 Å². The SMILES string of the molecule is COc1ccc(-c2nc(NS(=O)(=O)c3ccc(C(C)(C)C)cc3)c(Oc3ccccc3OC)c(OCCCO)n2)cc1. The summed E-state index contributed by atoms with van der Waals surface area (Å²) in [6, 6.07) is 20.5. The highest BCUT2D eigenvalue weighted by Crippen LogP contribution is 2.42. The molecule has 11 heteroatoms. The maximum Gasteiger partial charge on any atom is 0.263 e. The number of aromatic nitrogens is 2. The van der Waals surface area contributed by atoms with Crippen LogP contribution in [-0.4, -0.2) is 50.9 Å². The molecule has 1 heterocycles. The number of anilines is 1. The van der Waals surface area contributed by atoms with E-state index in [-0.39, 0.29) is 46.8 Å². The molecule has 0 amide bonds. The van der Waals surface area contributed by atoms with Crippen molar-refractivity contribution in [3.8, 4) is 40.3 Å². The van der Waals surface area contributed by atoms with Crippen molar-refractivity contribution < 1.29 is 32.5 Å². The van der Waals surface area contributed by atoms with Crippen LogP contribution in [0.25, 0.3) is 11.4 Å². The summed E-state index contributed by atoms with van der Waals surface area (Å²) in [5.74, 6) is 1.30. The van der Waals surface area contributed by atoms with Crippen LogP contribution in [-0.2, 0) is 15.4 Å². The molecule has 0 aliphatic rings. The van der Waals surface area contributed by atoms with Crippen molar-refractivity contribution >= 4 is 15.8 Å². The van der Waals surface area contributed by atoms with Gasteiger partial charge in [-0.2, -0.15) is 4.98 Å². The number of sulfonamides is 1. The lowest BCUT2D eigenvalue weighted by molar-refractivity contribution is 0.224. The molecule has 222 valence electrons. The molecule has 0 bridgehead atoms. The number of hydrogen-bond acceptors (Lipinski definition) is 9. The van der Waals surface area contributed by atoms with E-state index in [1.807, 2.05) is 0 Å². The van der Waals surface area contributed by atoms with Crippen molar-refractivity contribution in [2.45, 2.75) is 37.5 Å². The minimum atomic E-state index is -4.12. The Balaban J connectivity index is 1.86. The minimum absolute atomic E-state index is 0.0176. The molecular formula is C31H35N3O7S. The van der Waals surface area contributed by atoms with Gasteiger partial charge in [0.1, 0.15) is 5.75 Å². The van der Waals surface area contributed by atoms with Crippen LogP contribution in [0.15, 0.2) is 77.7 Å². The average Bonchev–Trinajstić information content (AvgIpc) is 2.98. The topological polar surface area (TPSA) is 129 Å². The lowest BCUT2D eigenvalue weighted by atomic mass is 9.87. The third-order valence-corrected chi connectivity index (χ3v) is 7.62. The van der Waals surface area contributed by atoms with Crippen molar-refractivity contribution in [1.29, 1.82) is 0 Å². The second kappa shape index (κ2) is 13.1. The first-order valence-corrected chi connectivity index (χ1v) is 14.8. The number of para-hydroxylation sites is 2. The monoisotopic (exact) mass is 593 g/mol. The molecule has 10 nitrogen and oxygen atoms in total. The molecule has 0 saturated carbocycles. The first-order valence-electron chi connectivity index (χ1n) is 13.3. The zero-order valence-electron chi connectivity index (χ0n) is 24.2. The van der Waals surface area contributed by atoms with Crippen LogP contribution in [0.3, 0.4) is 0 Å². The first-order chi connectivity index (χ1) is 20.1. The summed E-state index contributed by atoms with van der Waals surface area (Å²) in [6.45, 7) is 6.14. The van der Waals surface area contributed by atoms with E-state index < -0.39 is 10.0 Å². The number of ether oxygens (including phenoxy) is 4. The third kappa shape index (κ3) is 7.29. The second-order valence-electron chi connectivity index (χ2n) is 10.3. The van der Waals surface area contributed by atoms with Gasteiger partial charge in [0, 0.05) is 18.6 Å². The zero-order valence-corrected chi connectivity index (χ0v) is 25.1. The smallest absolute Gasteiger partial charge is 0.263 e. The highest BCUT2D eigenvalue weighted by Gasteiger charge is 2.26. The summed E-state index contributed by atoms with van der Waals surface area (Å²) in [5.41, 5.74) is 1.43. The zero-order chi connectivity index (χ0) is 30.3. The van der Waals surface area contributed by atoms with Crippen molar-refractivity contribution in [3.63, 3.8) is 0 Å². The number of aliphatic hydroxyl groups is 1. The lowest BCUT2D eigenvalue weighted by Crippen LogP contribution is -2.17. The Morgan fingerprint density at radius 2 is 1.52 bits per heavy atom. The Morgan fingerprint density at radius 3 is 2.12 bits per heavy atom. The van der Waals surface area contributed by atoms with Gasteiger partial charge in [0.05, 0.1) is 25.7 Å². The van der Waals surface area contributed by atoms with Gasteiger partial charge in [-0.25, -0.2) is 13.4 Å². The summed E-state index contributed by atoms with van der Waals surface area (Å²) in [5, 5.41) is 9.34. The maximum absolute atomic E-state index is 13.7. The van der Waals surface area contributed by atoms with Gasteiger partial charge in [0.15, 0.2) is 23.1 Å². The van der Waals surface area contributed by atoms with Crippen LogP contribution in [0.5, 0.6) is 28.9 Å². The molecule has 0 spiro atoms. The fourth-order valence-electron chi connectivity index (χ4n) is 3.92. The van der Waals surface area contributed by atoms with E-state index in [9.17, 15) is 13.5 Å². The molecule has 0 fully saturated rings. The molecule has 0 aliphatic heterocycles. The predicted octanol–water partition coefficient (Wildman–Crippen LogP) is 5.81. The van der Waals surface area contributed by atoms with Gasteiger partial charge in [-0.3, -0.25) is 4.72 Å². The molecule has 2 N–H and O–H groups in total. The number of methoxy groups -OCH3 is 2. The fourth-order valence-corrected chi connectivity index (χ4v) is 4.93. The van der Waals surface area contributed by atoms with Crippen molar-refractivity contribution in [2.75, 3.05) is 32.2 Å². The summed E-state index contributed by atoms with van der Waals surface area (Å²) in [7, 11) is -1.07. The van der Waals surface area contributed by atoms with Crippen molar-refractivity contribution in [1.82, 2.24) is 9.97 Å². The summed E-state index contributed by atoms with van der Waals surface area (Å²) < 4.78 is 52.7. The van der Waals surface area contributed by atoms with E-state index in [2.05, 4.69) is 35.5 Å². The van der Waals surface area contributed by atoms with E-state index in [1.165, 1.54) is 7.11 Å². The van der Waals surface area contributed by atoms with Gasteiger partial charge in [0.2, 0.25) is 5.75 Å². The Labute approximate surface area is 246 Å². The number of nitrogens with zero attached hydrogens (tertiary/aromatic N) is 2. The van der Waals surface area contributed by atoms with Gasteiger partial charge < -0.3 is 24.1 Å². The maximum atomic E-state index is 13.7. The Kier molecular flexibility index (Phi) is 9.54. The van der Waals surface area contributed by atoms with Crippen LogP contribution in [0.4, 0.5) is 5.82 Å². The standard InChI is InChI=1S/C31H35N3O7S/c1-31(2,3)22-13-17-24(18-14-22)42(36,37)34-29-27(41-26-10-7-6-9-25(26)39-5)30(40-20-8-19-35)33-28(32-29)21-11-15-23(38-4)16-12-21/h6-7,9-18,35H,8,19-20H2,1-5H3,(H,32,33,34). The van der Waals surface area contributed by atoms with E-state index in [0.717, 1.165) is 5.56 Å². The minimum Gasteiger partial charge on any atom is -0.497 e. The Bertz CT molecular complexity index is 1600. The van der Waals surface area contributed by atoms with Crippen LogP contribution in [0.2, 0.25) is 0 Å². The molecule has 3 aromatic carbocycles. The second-order valence-corrected chi connectivity index (χ2v) is 12.0. The number of aliphatic hydroxyl groups excluding tert-OH is 1. The van der Waals surface area contributed by atoms with Crippen LogP contribution in [0.1, 0.15) is 32.8 Å². The molecular weight excluding hydrogens is 558 g/mol. The van der Waals surface area contributed by atoms with E-state index >= 15 is 0 Å². The van der Waals surface area contributed by atoms with E-state index in [0.29, 0.717) is 29.2 Å². The molecule has 0 radical (unpaired) electrons. The molecule has 0 saturated heterocycles. The highest BCUT2D eigenvalue weighted by atomic mass is 32.2. The highest BCUT2D eigenvalue weighted by molar-refractivity contribution is 7.92. The number of nitrogens with one attached hydrogen (secondary N) is 1. The fraction of sp³-hybridized carbons (Fsp3) is 0.290. The number of benzene rings is 3. The number of rotatable bonds is 12. The number of hydrogen-bond donors (Lipinski definition) is 2. The van der Waals surface area contributed by atoms with Crippen molar-refractivity contribution in [2.24, 2.45) is 0 Å². The molecule has 0 unspecified atom stereocenters. The Hall–Kier alpha value is -4.35. The first kappa shape index (κ1) is 30.6. The Morgan fingerprint density at radius 1 is 0.857 bits per heavy atom. The quantitative estimate of drug-likeness (QED) is 0.195. The molecule has 1 aromatic heterocycles. The normalized spacial score (nSPS) is 11.6. The van der Waals surface area contributed by atoms with Crippen LogP contribution < -0.4 is 23.7 Å². The van der Waals surface area contributed by atoms with Crippen LogP contribution >= 0.6 is 0 Å². The molecule has 0 atom stereocenters. The van der Waals surface area contributed by atoms with Gasteiger partial charge >= 0.3 is 0 Å². The molecule has 4 rings (SSSR count). The lowest BCUT2D eigenvalue weighted by Gasteiger charge is -2.20. The third-order valence-electron chi connectivity index (χ3n) is 6.27. The van der Waals surface area contributed by atoms with Gasteiger partial charge in [-0.1, -0.05) is 45.0 Å². The van der Waals surface area contributed by atoms with Gasteiger partial charge in [0.25, 0.3) is 15.9 Å². The molecule has 0 aliphatic carbocycles. The molecule has 42 heavy (non-hydrogen) atoms. The van der Waals surface area contributed by atoms with Gasteiger partial charge in [-0.15, -0.1) is 0 Å². The van der Waals surface area contributed by atoms with Crippen LogP contribution in [0, 0.1) is 0 Å². The largest absolute Gasteiger partial charge is 0.497 e. The summed E-state index contributed by atoms with van der Waals surface area (Å²) in [4.78, 5) is 9.18. The van der Waals surface area contributed by atoms with Crippen molar-refractivity contribution in [3.05, 3.63) is 78.4 Å². The van der Waals surface area contributed by atoms with E-state index in [1.54, 1.807) is 79.9 Å². The summed E-state index contributed by atoms with van der Waals surface area (Å²) in [6.07, 6.45) is 0.317.